The van der Waals surface area contributed by atoms with E-state index in [2.05, 4.69) is 33.1 Å². The van der Waals surface area contributed by atoms with Crippen molar-refractivity contribution >= 4 is 38.2 Å². The zero-order valence-electron chi connectivity index (χ0n) is 19.4. The SMILES string of the molecule is C=C(C)c1cc(C(=O)O)ncc1C#Cc1ccccc1NS(=O)(=O)c1ccc(OC)c2cccnc12. The third-order valence-electron chi connectivity index (χ3n) is 5.29. The number of carbonyl (C=O) groups is 1. The van der Waals surface area contributed by atoms with Crippen LogP contribution < -0.4 is 9.46 Å². The van der Waals surface area contributed by atoms with Crippen molar-refractivity contribution in [2.24, 2.45) is 0 Å². The number of sulfonamides is 1. The molecular weight excluding hydrogens is 478 g/mol. The number of allylic oxidation sites excluding steroid dienone is 1. The molecule has 2 aromatic carbocycles. The molecule has 2 heterocycles. The maximum Gasteiger partial charge on any atom is 0.354 e. The van der Waals surface area contributed by atoms with Crippen molar-refractivity contribution in [3.05, 3.63) is 96.0 Å². The minimum atomic E-state index is -4.03. The van der Waals surface area contributed by atoms with Gasteiger partial charge in [-0.25, -0.2) is 18.2 Å². The number of hydrogen-bond acceptors (Lipinski definition) is 6. The quantitative estimate of drug-likeness (QED) is 0.373. The van der Waals surface area contributed by atoms with Gasteiger partial charge in [0.1, 0.15) is 16.3 Å². The Morgan fingerprint density at radius 2 is 1.81 bits per heavy atom. The Hall–Kier alpha value is -4.68. The van der Waals surface area contributed by atoms with Crippen molar-refractivity contribution in [2.45, 2.75) is 11.8 Å². The predicted octanol–water partition coefficient (Wildman–Crippen LogP) is 4.57. The molecule has 0 fully saturated rings. The maximum atomic E-state index is 13.4. The Morgan fingerprint density at radius 3 is 2.53 bits per heavy atom. The van der Waals surface area contributed by atoms with Crippen molar-refractivity contribution in [3.8, 4) is 17.6 Å². The molecule has 0 unspecified atom stereocenters. The molecule has 180 valence electrons. The number of benzene rings is 2. The van der Waals surface area contributed by atoms with E-state index in [-0.39, 0.29) is 21.8 Å². The molecule has 2 aromatic heterocycles. The monoisotopic (exact) mass is 499 g/mol. The lowest BCUT2D eigenvalue weighted by Gasteiger charge is -2.13. The number of methoxy groups -OCH3 is 1. The van der Waals surface area contributed by atoms with E-state index in [0.29, 0.717) is 33.4 Å². The molecule has 0 saturated carbocycles. The lowest BCUT2D eigenvalue weighted by molar-refractivity contribution is 0.0690. The van der Waals surface area contributed by atoms with Crippen LogP contribution in [0.3, 0.4) is 0 Å². The Balaban J connectivity index is 1.74. The average Bonchev–Trinajstić information content (AvgIpc) is 2.87. The first-order chi connectivity index (χ1) is 17.2. The summed E-state index contributed by atoms with van der Waals surface area (Å²) < 4.78 is 34.7. The largest absolute Gasteiger partial charge is 0.496 e. The standard InChI is InChI=1S/C27H21N3O5S/c1-17(2)21-15-23(27(31)32)29-16-19(21)11-10-18-7-4-5-9-22(18)30-36(33,34)25-13-12-24(35-3)20-8-6-14-28-26(20)25/h4-9,12-16,30H,1H2,2-3H3,(H,31,32). The lowest BCUT2D eigenvalue weighted by Crippen LogP contribution is -2.14. The summed E-state index contributed by atoms with van der Waals surface area (Å²) in [5.41, 5.74) is 2.49. The molecule has 8 nitrogen and oxygen atoms in total. The smallest absolute Gasteiger partial charge is 0.354 e. The van der Waals surface area contributed by atoms with Crippen LogP contribution in [0.4, 0.5) is 5.69 Å². The van der Waals surface area contributed by atoms with E-state index in [0.717, 1.165) is 0 Å². The number of aromatic carboxylic acids is 1. The minimum Gasteiger partial charge on any atom is -0.496 e. The second-order valence-electron chi connectivity index (χ2n) is 7.77. The van der Waals surface area contributed by atoms with Gasteiger partial charge in [0, 0.05) is 23.3 Å². The number of fused-ring (bicyclic) bond motifs is 1. The number of carboxylic acid groups (broad SMARTS) is 1. The fourth-order valence-corrected chi connectivity index (χ4v) is 4.80. The third-order valence-corrected chi connectivity index (χ3v) is 6.69. The number of nitrogens with zero attached hydrogens (tertiary/aromatic N) is 2. The number of rotatable bonds is 6. The third kappa shape index (κ3) is 4.89. The van der Waals surface area contributed by atoms with Crippen LogP contribution in [0.1, 0.15) is 34.1 Å². The number of para-hydroxylation sites is 1. The van der Waals surface area contributed by atoms with Gasteiger partial charge in [0.05, 0.1) is 23.9 Å². The van der Waals surface area contributed by atoms with Gasteiger partial charge < -0.3 is 9.84 Å². The topological polar surface area (TPSA) is 118 Å². The number of nitrogens with one attached hydrogen (secondary N) is 1. The summed E-state index contributed by atoms with van der Waals surface area (Å²) in [6, 6.07) is 14.6. The van der Waals surface area contributed by atoms with Gasteiger partial charge in [0.25, 0.3) is 10.0 Å². The summed E-state index contributed by atoms with van der Waals surface area (Å²) in [7, 11) is -2.53. The average molecular weight is 500 g/mol. The molecule has 0 aliphatic heterocycles. The summed E-state index contributed by atoms with van der Waals surface area (Å²) >= 11 is 0. The van der Waals surface area contributed by atoms with E-state index in [9.17, 15) is 18.3 Å². The molecule has 0 saturated heterocycles. The molecular formula is C27H21N3O5S. The fourth-order valence-electron chi connectivity index (χ4n) is 3.56. The van der Waals surface area contributed by atoms with Crippen molar-refractivity contribution in [2.75, 3.05) is 11.8 Å². The molecule has 0 aliphatic carbocycles. The number of hydrogen-bond donors (Lipinski definition) is 2. The number of anilines is 1. The summed E-state index contributed by atoms with van der Waals surface area (Å²) in [5, 5.41) is 9.79. The van der Waals surface area contributed by atoms with Gasteiger partial charge in [-0.3, -0.25) is 9.71 Å². The van der Waals surface area contributed by atoms with Gasteiger partial charge >= 0.3 is 5.97 Å². The van der Waals surface area contributed by atoms with Crippen LogP contribution in [0.15, 0.2) is 78.5 Å². The first-order valence-corrected chi connectivity index (χ1v) is 12.1. The highest BCUT2D eigenvalue weighted by atomic mass is 32.2. The zero-order chi connectivity index (χ0) is 25.9. The maximum absolute atomic E-state index is 13.4. The summed E-state index contributed by atoms with van der Waals surface area (Å²) in [5.74, 6) is 5.28. The van der Waals surface area contributed by atoms with E-state index in [1.807, 2.05) is 0 Å². The summed E-state index contributed by atoms with van der Waals surface area (Å²) in [6.07, 6.45) is 2.88. The van der Waals surface area contributed by atoms with E-state index >= 15 is 0 Å². The molecule has 4 aromatic rings. The minimum absolute atomic E-state index is 0.000287. The van der Waals surface area contributed by atoms with Crippen molar-refractivity contribution in [1.29, 1.82) is 0 Å². The first-order valence-electron chi connectivity index (χ1n) is 10.7. The van der Waals surface area contributed by atoms with Crippen molar-refractivity contribution < 1.29 is 23.1 Å². The molecule has 0 bridgehead atoms. The second kappa shape index (κ2) is 9.90. The van der Waals surface area contributed by atoms with Gasteiger partial charge in [-0.15, -0.1) is 0 Å². The zero-order valence-corrected chi connectivity index (χ0v) is 20.3. The predicted molar refractivity (Wildman–Crippen MR) is 137 cm³/mol. The number of pyridine rings is 2. The van der Waals surface area contributed by atoms with Gasteiger partial charge in [-0.05, 0) is 60.5 Å². The molecule has 9 heteroatoms. The summed E-state index contributed by atoms with van der Waals surface area (Å²) in [4.78, 5) is 19.5. The Kier molecular flexibility index (Phi) is 6.72. The van der Waals surface area contributed by atoms with Crippen LogP contribution in [0.2, 0.25) is 0 Å². The van der Waals surface area contributed by atoms with E-state index in [1.54, 1.807) is 49.4 Å². The van der Waals surface area contributed by atoms with Crippen LogP contribution in [-0.4, -0.2) is 36.6 Å². The first kappa shape index (κ1) is 24.4. The van der Waals surface area contributed by atoms with Crippen LogP contribution in [0.25, 0.3) is 16.5 Å². The van der Waals surface area contributed by atoms with Crippen molar-refractivity contribution in [1.82, 2.24) is 9.97 Å². The molecule has 4 rings (SSSR count). The Bertz CT molecular complexity index is 1680. The van der Waals surface area contributed by atoms with Crippen molar-refractivity contribution in [3.63, 3.8) is 0 Å². The van der Waals surface area contributed by atoms with Gasteiger partial charge in [0.15, 0.2) is 0 Å². The Labute approximate surface area is 208 Å². The molecule has 0 radical (unpaired) electrons. The molecule has 36 heavy (non-hydrogen) atoms. The normalized spacial score (nSPS) is 10.8. The highest BCUT2D eigenvalue weighted by Crippen LogP contribution is 2.30. The number of ether oxygens (including phenoxy) is 1. The highest BCUT2D eigenvalue weighted by molar-refractivity contribution is 7.93. The molecule has 0 spiro atoms. The van der Waals surface area contributed by atoms with Gasteiger partial charge in [-0.1, -0.05) is 30.6 Å². The Morgan fingerprint density at radius 1 is 1.06 bits per heavy atom. The van der Waals surface area contributed by atoms with Crippen LogP contribution in [0.5, 0.6) is 5.75 Å². The molecule has 2 N–H and O–H groups in total. The number of aromatic nitrogens is 2. The molecule has 0 atom stereocenters. The summed E-state index contributed by atoms with van der Waals surface area (Å²) in [6.45, 7) is 5.62. The number of carboxylic acids is 1. The van der Waals surface area contributed by atoms with Crippen LogP contribution in [0, 0.1) is 11.8 Å². The molecule has 0 aliphatic rings. The lowest BCUT2D eigenvalue weighted by atomic mass is 10.0. The molecule has 0 amide bonds. The van der Waals surface area contributed by atoms with E-state index < -0.39 is 16.0 Å². The van der Waals surface area contributed by atoms with E-state index in [1.165, 1.54) is 31.6 Å². The fraction of sp³-hybridized carbons (Fsp3) is 0.0741. The van der Waals surface area contributed by atoms with Gasteiger partial charge in [-0.2, -0.15) is 0 Å². The highest BCUT2D eigenvalue weighted by Gasteiger charge is 2.21. The van der Waals surface area contributed by atoms with Gasteiger partial charge in [0.2, 0.25) is 0 Å². The van der Waals surface area contributed by atoms with Crippen LogP contribution >= 0.6 is 0 Å². The van der Waals surface area contributed by atoms with Crippen LogP contribution in [-0.2, 0) is 10.0 Å². The second-order valence-corrected chi connectivity index (χ2v) is 9.42. The van der Waals surface area contributed by atoms with E-state index in [4.69, 9.17) is 4.74 Å².